The average molecular weight is 342 g/mol. The third kappa shape index (κ3) is 5.73. The van der Waals surface area contributed by atoms with Crippen molar-refractivity contribution in [2.24, 2.45) is 0 Å². The Morgan fingerprint density at radius 2 is 1.80 bits per heavy atom. The maximum Gasteiger partial charge on any atom is 0.230 e. The number of amides is 1. The summed E-state index contributed by atoms with van der Waals surface area (Å²) >= 11 is 0. The maximum absolute atomic E-state index is 12.5. The number of rotatable bonds is 4. The summed E-state index contributed by atoms with van der Waals surface area (Å²) in [5, 5.41) is 0. The number of carbonyl (C=O) groups excluding carboxylic acids is 1. The SMILES string of the molecule is O=C(Cc1ccco1)N1CCCN(Cc2ccccc2)CCOCC1. The van der Waals surface area contributed by atoms with Gasteiger partial charge in [-0.3, -0.25) is 9.69 Å². The molecule has 1 aliphatic heterocycles. The Labute approximate surface area is 149 Å². The topological polar surface area (TPSA) is 45.9 Å². The minimum absolute atomic E-state index is 0.105. The lowest BCUT2D eigenvalue weighted by molar-refractivity contribution is -0.131. The van der Waals surface area contributed by atoms with Gasteiger partial charge in [0.15, 0.2) is 0 Å². The van der Waals surface area contributed by atoms with Gasteiger partial charge in [0.05, 0.1) is 25.9 Å². The fourth-order valence-electron chi connectivity index (χ4n) is 3.10. The molecule has 0 spiro atoms. The molecule has 0 radical (unpaired) electrons. The van der Waals surface area contributed by atoms with Gasteiger partial charge in [-0.15, -0.1) is 0 Å². The Bertz CT molecular complexity index is 628. The maximum atomic E-state index is 12.5. The predicted octanol–water partition coefficient (Wildman–Crippen LogP) is 2.57. The number of carbonyl (C=O) groups is 1. The van der Waals surface area contributed by atoms with Gasteiger partial charge < -0.3 is 14.1 Å². The van der Waals surface area contributed by atoms with Gasteiger partial charge in [0.25, 0.3) is 0 Å². The minimum atomic E-state index is 0.105. The molecule has 0 bridgehead atoms. The molecule has 0 unspecified atom stereocenters. The molecule has 5 heteroatoms. The average Bonchev–Trinajstić information content (AvgIpc) is 3.14. The molecule has 25 heavy (non-hydrogen) atoms. The van der Waals surface area contributed by atoms with Crippen molar-refractivity contribution in [2.45, 2.75) is 19.4 Å². The zero-order chi connectivity index (χ0) is 17.3. The molecule has 1 saturated heterocycles. The van der Waals surface area contributed by atoms with Crippen LogP contribution < -0.4 is 0 Å². The zero-order valence-electron chi connectivity index (χ0n) is 14.6. The predicted molar refractivity (Wildman–Crippen MR) is 96.1 cm³/mol. The van der Waals surface area contributed by atoms with E-state index in [-0.39, 0.29) is 5.91 Å². The lowest BCUT2D eigenvalue weighted by Crippen LogP contribution is -2.39. The molecule has 0 saturated carbocycles. The van der Waals surface area contributed by atoms with Crippen molar-refractivity contribution < 1.29 is 13.9 Å². The molecule has 1 aromatic heterocycles. The lowest BCUT2D eigenvalue weighted by atomic mass is 10.2. The van der Waals surface area contributed by atoms with Crippen LogP contribution in [0.3, 0.4) is 0 Å². The van der Waals surface area contributed by atoms with Crippen LogP contribution in [-0.4, -0.2) is 55.1 Å². The molecular formula is C20H26N2O3. The van der Waals surface area contributed by atoms with Gasteiger partial charge >= 0.3 is 0 Å². The van der Waals surface area contributed by atoms with E-state index in [9.17, 15) is 4.79 Å². The van der Waals surface area contributed by atoms with Crippen molar-refractivity contribution in [3.8, 4) is 0 Å². The molecule has 1 fully saturated rings. The number of hydrogen-bond acceptors (Lipinski definition) is 4. The lowest BCUT2D eigenvalue weighted by Gasteiger charge is -2.28. The summed E-state index contributed by atoms with van der Waals surface area (Å²) in [5.74, 6) is 0.822. The van der Waals surface area contributed by atoms with Crippen LogP contribution in [0.15, 0.2) is 53.1 Å². The molecule has 134 valence electrons. The highest BCUT2D eigenvalue weighted by molar-refractivity contribution is 5.78. The van der Waals surface area contributed by atoms with Gasteiger partial charge in [-0.25, -0.2) is 0 Å². The monoisotopic (exact) mass is 342 g/mol. The second-order valence-electron chi connectivity index (χ2n) is 6.36. The molecule has 2 heterocycles. The zero-order valence-corrected chi connectivity index (χ0v) is 14.6. The Hall–Kier alpha value is -2.11. The van der Waals surface area contributed by atoms with E-state index < -0.39 is 0 Å². The van der Waals surface area contributed by atoms with Crippen LogP contribution in [0.2, 0.25) is 0 Å². The van der Waals surface area contributed by atoms with Crippen molar-refractivity contribution in [2.75, 3.05) is 39.4 Å². The van der Waals surface area contributed by atoms with E-state index in [2.05, 4.69) is 29.2 Å². The van der Waals surface area contributed by atoms with Crippen LogP contribution in [-0.2, 0) is 22.5 Å². The van der Waals surface area contributed by atoms with E-state index in [0.29, 0.717) is 31.9 Å². The van der Waals surface area contributed by atoms with Gasteiger partial charge in [0, 0.05) is 32.7 Å². The smallest absolute Gasteiger partial charge is 0.230 e. The van der Waals surface area contributed by atoms with Gasteiger partial charge in [-0.2, -0.15) is 0 Å². The van der Waals surface area contributed by atoms with E-state index in [1.54, 1.807) is 6.26 Å². The van der Waals surface area contributed by atoms with Crippen LogP contribution in [0.1, 0.15) is 17.7 Å². The molecule has 1 aromatic carbocycles. The fraction of sp³-hybridized carbons (Fsp3) is 0.450. The minimum Gasteiger partial charge on any atom is -0.469 e. The van der Waals surface area contributed by atoms with E-state index >= 15 is 0 Å². The van der Waals surface area contributed by atoms with E-state index in [1.807, 2.05) is 23.1 Å². The quantitative estimate of drug-likeness (QED) is 0.857. The molecular weight excluding hydrogens is 316 g/mol. The summed E-state index contributed by atoms with van der Waals surface area (Å²) in [6.07, 6.45) is 2.90. The number of nitrogens with zero attached hydrogens (tertiary/aromatic N) is 2. The third-order valence-corrected chi connectivity index (χ3v) is 4.47. The molecule has 1 amide bonds. The fourth-order valence-corrected chi connectivity index (χ4v) is 3.10. The Kier molecular flexibility index (Phi) is 6.65. The first-order valence-electron chi connectivity index (χ1n) is 8.95. The molecule has 1 aliphatic rings. The normalized spacial score (nSPS) is 17.4. The third-order valence-electron chi connectivity index (χ3n) is 4.47. The number of ether oxygens (including phenoxy) is 1. The molecule has 0 atom stereocenters. The largest absolute Gasteiger partial charge is 0.469 e. The van der Waals surface area contributed by atoms with E-state index in [1.165, 1.54) is 5.56 Å². The second kappa shape index (κ2) is 9.39. The van der Waals surface area contributed by atoms with Crippen LogP contribution in [0, 0.1) is 0 Å². The van der Waals surface area contributed by atoms with Crippen LogP contribution in [0.5, 0.6) is 0 Å². The Morgan fingerprint density at radius 1 is 0.960 bits per heavy atom. The van der Waals surface area contributed by atoms with Crippen molar-refractivity contribution >= 4 is 5.91 Å². The Balaban J connectivity index is 1.53. The van der Waals surface area contributed by atoms with Crippen LogP contribution in [0.4, 0.5) is 0 Å². The summed E-state index contributed by atoms with van der Waals surface area (Å²) in [4.78, 5) is 16.8. The van der Waals surface area contributed by atoms with E-state index in [0.717, 1.165) is 32.6 Å². The second-order valence-corrected chi connectivity index (χ2v) is 6.36. The van der Waals surface area contributed by atoms with Crippen molar-refractivity contribution in [3.63, 3.8) is 0 Å². The van der Waals surface area contributed by atoms with Gasteiger partial charge in [0.1, 0.15) is 5.76 Å². The van der Waals surface area contributed by atoms with Crippen molar-refractivity contribution in [1.29, 1.82) is 0 Å². The Morgan fingerprint density at radius 3 is 2.60 bits per heavy atom. The van der Waals surface area contributed by atoms with Gasteiger partial charge in [0.2, 0.25) is 5.91 Å². The summed E-state index contributed by atoms with van der Waals surface area (Å²) in [7, 11) is 0. The van der Waals surface area contributed by atoms with Crippen LogP contribution >= 0.6 is 0 Å². The molecule has 5 nitrogen and oxygen atoms in total. The molecule has 0 N–H and O–H groups in total. The summed E-state index contributed by atoms with van der Waals surface area (Å²) in [5.41, 5.74) is 1.31. The number of furan rings is 1. The summed E-state index contributed by atoms with van der Waals surface area (Å²) < 4.78 is 11.0. The highest BCUT2D eigenvalue weighted by Crippen LogP contribution is 2.09. The highest BCUT2D eigenvalue weighted by Gasteiger charge is 2.17. The first-order valence-corrected chi connectivity index (χ1v) is 8.95. The van der Waals surface area contributed by atoms with Gasteiger partial charge in [-0.05, 0) is 24.1 Å². The summed E-state index contributed by atoms with van der Waals surface area (Å²) in [6, 6.07) is 14.1. The summed E-state index contributed by atoms with van der Waals surface area (Å²) in [6.45, 7) is 5.51. The van der Waals surface area contributed by atoms with Crippen LogP contribution in [0.25, 0.3) is 0 Å². The first-order chi connectivity index (χ1) is 12.3. The van der Waals surface area contributed by atoms with E-state index in [4.69, 9.17) is 9.15 Å². The van der Waals surface area contributed by atoms with Crippen molar-refractivity contribution in [1.82, 2.24) is 9.80 Å². The van der Waals surface area contributed by atoms with Crippen molar-refractivity contribution in [3.05, 3.63) is 60.1 Å². The standard InChI is InChI=1S/C20H26N2O3/c23-20(16-19-8-4-13-25-19)22-10-5-9-21(11-14-24-15-12-22)17-18-6-2-1-3-7-18/h1-4,6-8,13H,5,9-12,14-17H2. The first kappa shape index (κ1) is 17.7. The molecule has 3 rings (SSSR count). The highest BCUT2D eigenvalue weighted by atomic mass is 16.5. The van der Waals surface area contributed by atoms with Gasteiger partial charge in [-0.1, -0.05) is 30.3 Å². The molecule has 0 aliphatic carbocycles. The number of benzene rings is 1. The number of hydrogen-bond donors (Lipinski definition) is 0. The molecule has 2 aromatic rings.